The Kier molecular flexibility index (Phi) is 6.41. The predicted octanol–water partition coefficient (Wildman–Crippen LogP) is 5.26. The summed E-state index contributed by atoms with van der Waals surface area (Å²) in [6.45, 7) is 7.35. The molecule has 0 aliphatic carbocycles. The Balaban J connectivity index is 1.83. The molecule has 0 saturated carbocycles. The number of likely N-dealkylation sites (N-methyl/N-ethyl adjacent to an activating group) is 1. The van der Waals surface area contributed by atoms with Gasteiger partial charge in [0.15, 0.2) is 0 Å². The third-order valence-electron chi connectivity index (χ3n) is 5.40. The first-order valence-electron chi connectivity index (χ1n) is 10.1. The highest BCUT2D eigenvalue weighted by Crippen LogP contribution is 2.34. The topological polar surface area (TPSA) is 38.1 Å². The summed E-state index contributed by atoms with van der Waals surface area (Å²) in [5, 5.41) is 4.68. The molecule has 3 heterocycles. The fraction of sp³-hybridized carbons (Fsp3) is 0.304. The highest BCUT2D eigenvalue weighted by molar-refractivity contribution is 7.18. The molecule has 1 aromatic carbocycles. The number of benzene rings is 1. The van der Waals surface area contributed by atoms with Crippen molar-refractivity contribution in [3.63, 3.8) is 0 Å². The average Bonchev–Trinajstić information content (AvgIpc) is 3.42. The van der Waals surface area contributed by atoms with Crippen molar-refractivity contribution in [2.75, 3.05) is 19.6 Å². The largest absolute Gasteiger partial charge is 0.302 e. The SMILES string of the molecule is CCN(CC)CCn1c(Cc2ccccc2F)nc2scc(-c3cccs3)c2c1=O. The van der Waals surface area contributed by atoms with Gasteiger partial charge in [0, 0.05) is 35.3 Å². The lowest BCUT2D eigenvalue weighted by Gasteiger charge is -2.20. The van der Waals surface area contributed by atoms with Gasteiger partial charge in [-0.25, -0.2) is 9.37 Å². The number of hydrogen-bond acceptors (Lipinski definition) is 5. The number of halogens is 1. The summed E-state index contributed by atoms with van der Waals surface area (Å²) >= 11 is 3.09. The van der Waals surface area contributed by atoms with E-state index in [0.717, 1.165) is 30.1 Å². The molecule has 0 spiro atoms. The van der Waals surface area contributed by atoms with Crippen LogP contribution < -0.4 is 5.56 Å². The number of nitrogens with zero attached hydrogens (tertiary/aromatic N) is 3. The summed E-state index contributed by atoms with van der Waals surface area (Å²) in [6, 6.07) is 10.7. The summed E-state index contributed by atoms with van der Waals surface area (Å²) < 4.78 is 16.1. The molecular formula is C23H24FN3OS2. The van der Waals surface area contributed by atoms with Crippen molar-refractivity contribution in [1.82, 2.24) is 14.5 Å². The quantitative estimate of drug-likeness (QED) is 0.374. The average molecular weight is 442 g/mol. The molecule has 7 heteroatoms. The number of fused-ring (bicyclic) bond motifs is 1. The van der Waals surface area contributed by atoms with Crippen LogP contribution in [0.25, 0.3) is 20.7 Å². The van der Waals surface area contributed by atoms with Crippen LogP contribution in [0.3, 0.4) is 0 Å². The van der Waals surface area contributed by atoms with Gasteiger partial charge < -0.3 is 4.90 Å². The van der Waals surface area contributed by atoms with Crippen molar-refractivity contribution in [3.8, 4) is 10.4 Å². The van der Waals surface area contributed by atoms with Crippen LogP contribution in [0.15, 0.2) is 52.0 Å². The van der Waals surface area contributed by atoms with Crippen molar-refractivity contribution >= 4 is 32.9 Å². The van der Waals surface area contributed by atoms with Gasteiger partial charge in [-0.1, -0.05) is 38.1 Å². The first-order chi connectivity index (χ1) is 14.6. The molecule has 0 fully saturated rings. The Bertz CT molecular complexity index is 1190. The molecule has 0 amide bonds. The van der Waals surface area contributed by atoms with Gasteiger partial charge in [-0.2, -0.15) is 0 Å². The van der Waals surface area contributed by atoms with Crippen LogP contribution in [-0.4, -0.2) is 34.1 Å². The maximum atomic E-state index is 14.3. The van der Waals surface area contributed by atoms with Gasteiger partial charge in [-0.05, 0) is 36.2 Å². The molecule has 156 valence electrons. The molecule has 0 saturated heterocycles. The van der Waals surface area contributed by atoms with Gasteiger partial charge in [0.2, 0.25) is 0 Å². The molecule has 0 aliphatic heterocycles. The van der Waals surface area contributed by atoms with Gasteiger partial charge in [0.25, 0.3) is 5.56 Å². The summed E-state index contributed by atoms with van der Waals surface area (Å²) in [5.41, 5.74) is 1.45. The van der Waals surface area contributed by atoms with Crippen LogP contribution >= 0.6 is 22.7 Å². The van der Waals surface area contributed by atoms with Crippen LogP contribution in [0.4, 0.5) is 4.39 Å². The minimum Gasteiger partial charge on any atom is -0.302 e. The Labute approximate surface area is 183 Å². The Morgan fingerprint density at radius 1 is 1.10 bits per heavy atom. The van der Waals surface area contributed by atoms with Crippen molar-refractivity contribution in [2.24, 2.45) is 0 Å². The maximum absolute atomic E-state index is 14.3. The van der Waals surface area contributed by atoms with Crippen LogP contribution in [0.2, 0.25) is 0 Å². The first-order valence-corrected chi connectivity index (χ1v) is 11.9. The summed E-state index contributed by atoms with van der Waals surface area (Å²) in [6.07, 6.45) is 0.294. The third kappa shape index (κ3) is 4.10. The normalized spacial score (nSPS) is 11.6. The maximum Gasteiger partial charge on any atom is 0.262 e. The first kappa shape index (κ1) is 20.9. The highest BCUT2D eigenvalue weighted by atomic mass is 32.1. The van der Waals surface area contributed by atoms with E-state index in [1.54, 1.807) is 28.0 Å². The molecule has 0 unspecified atom stereocenters. The summed E-state index contributed by atoms with van der Waals surface area (Å²) in [5.74, 6) is 0.344. The third-order valence-corrected chi connectivity index (χ3v) is 7.18. The highest BCUT2D eigenvalue weighted by Gasteiger charge is 2.19. The standard InChI is InChI=1S/C23H24FN3OS2/c1-3-26(4-2)11-12-27-20(14-16-8-5-6-9-18(16)24)25-22-21(23(27)28)17(15-30-22)19-10-7-13-29-19/h5-10,13,15H,3-4,11-12,14H2,1-2H3. The van der Waals surface area contributed by atoms with E-state index in [4.69, 9.17) is 4.98 Å². The fourth-order valence-corrected chi connectivity index (χ4v) is 5.41. The van der Waals surface area contributed by atoms with E-state index in [1.807, 2.05) is 29.0 Å². The zero-order valence-corrected chi connectivity index (χ0v) is 18.7. The second-order valence-electron chi connectivity index (χ2n) is 7.09. The number of rotatable bonds is 8. The van der Waals surface area contributed by atoms with Crippen LogP contribution in [0.1, 0.15) is 25.2 Å². The van der Waals surface area contributed by atoms with Crippen molar-refractivity contribution in [2.45, 2.75) is 26.8 Å². The van der Waals surface area contributed by atoms with E-state index >= 15 is 0 Å². The van der Waals surface area contributed by atoms with Gasteiger partial charge in [-0.3, -0.25) is 9.36 Å². The summed E-state index contributed by atoms with van der Waals surface area (Å²) in [7, 11) is 0. The second-order valence-corrected chi connectivity index (χ2v) is 8.89. The number of hydrogen-bond donors (Lipinski definition) is 0. The fourth-order valence-electron chi connectivity index (χ4n) is 3.64. The molecule has 4 nitrogen and oxygen atoms in total. The Morgan fingerprint density at radius 2 is 1.90 bits per heavy atom. The van der Waals surface area contributed by atoms with Crippen LogP contribution in [0, 0.1) is 5.82 Å². The molecule has 0 aliphatic rings. The minimum absolute atomic E-state index is 0.0388. The van der Waals surface area contributed by atoms with Crippen LogP contribution in [-0.2, 0) is 13.0 Å². The Hall–Kier alpha value is -2.35. The molecule has 4 rings (SSSR count). The number of aromatic nitrogens is 2. The van der Waals surface area contributed by atoms with Gasteiger partial charge in [0.1, 0.15) is 16.5 Å². The van der Waals surface area contributed by atoms with Gasteiger partial charge in [-0.15, -0.1) is 22.7 Å². The lowest BCUT2D eigenvalue weighted by atomic mass is 10.1. The van der Waals surface area contributed by atoms with Crippen molar-refractivity contribution in [1.29, 1.82) is 0 Å². The smallest absolute Gasteiger partial charge is 0.262 e. The second kappa shape index (κ2) is 9.20. The molecule has 4 aromatic rings. The molecule has 0 atom stereocenters. The molecule has 30 heavy (non-hydrogen) atoms. The molecule has 0 N–H and O–H groups in total. The van der Waals surface area contributed by atoms with Crippen LogP contribution in [0.5, 0.6) is 0 Å². The van der Waals surface area contributed by atoms with Crippen molar-refractivity contribution < 1.29 is 4.39 Å². The zero-order chi connectivity index (χ0) is 21.1. The van der Waals surface area contributed by atoms with E-state index in [2.05, 4.69) is 18.7 Å². The lowest BCUT2D eigenvalue weighted by molar-refractivity contribution is 0.287. The minimum atomic E-state index is -0.271. The molecule has 3 aromatic heterocycles. The van der Waals surface area contributed by atoms with Gasteiger partial charge in [0.05, 0.1) is 5.39 Å². The zero-order valence-electron chi connectivity index (χ0n) is 17.1. The van der Waals surface area contributed by atoms with Gasteiger partial charge >= 0.3 is 0 Å². The predicted molar refractivity (Wildman–Crippen MR) is 124 cm³/mol. The molecule has 0 bridgehead atoms. The van der Waals surface area contributed by atoms with E-state index in [0.29, 0.717) is 34.6 Å². The summed E-state index contributed by atoms with van der Waals surface area (Å²) in [4.78, 5) is 22.5. The van der Waals surface area contributed by atoms with E-state index in [1.165, 1.54) is 17.4 Å². The monoisotopic (exact) mass is 441 g/mol. The lowest BCUT2D eigenvalue weighted by Crippen LogP contribution is -2.33. The molecule has 0 radical (unpaired) electrons. The van der Waals surface area contributed by atoms with Crippen molar-refractivity contribution in [3.05, 3.63) is 74.7 Å². The van der Waals surface area contributed by atoms with E-state index in [9.17, 15) is 9.18 Å². The number of thiophene rings is 2. The van der Waals surface area contributed by atoms with E-state index < -0.39 is 0 Å². The van der Waals surface area contributed by atoms with E-state index in [-0.39, 0.29) is 11.4 Å². The Morgan fingerprint density at radius 3 is 2.60 bits per heavy atom. The molecular weight excluding hydrogens is 417 g/mol.